The number of nitro groups is 1. The van der Waals surface area contributed by atoms with Crippen molar-refractivity contribution in [2.45, 2.75) is 6.92 Å². The maximum absolute atomic E-state index is 12.4. The molecule has 0 spiro atoms. The van der Waals surface area contributed by atoms with Gasteiger partial charge in [0, 0.05) is 17.7 Å². The molecule has 3 N–H and O–H groups in total. The highest BCUT2D eigenvalue weighted by Gasteiger charge is 2.22. The molecule has 0 saturated carbocycles. The molecule has 13 nitrogen and oxygen atoms in total. The van der Waals surface area contributed by atoms with E-state index in [1.807, 2.05) is 0 Å². The average molecular weight is 357 g/mol. The third-order valence-electron chi connectivity index (χ3n) is 3.21. The van der Waals surface area contributed by atoms with Crippen molar-refractivity contribution in [2.75, 3.05) is 5.73 Å². The van der Waals surface area contributed by atoms with Gasteiger partial charge in [-0.25, -0.2) is 10.1 Å². The van der Waals surface area contributed by atoms with Gasteiger partial charge >= 0.3 is 0 Å². The van der Waals surface area contributed by atoms with Crippen molar-refractivity contribution >= 4 is 23.6 Å². The Labute approximate surface area is 144 Å². The third kappa shape index (κ3) is 3.21. The van der Waals surface area contributed by atoms with Crippen molar-refractivity contribution in [1.29, 1.82) is 0 Å². The normalized spacial score (nSPS) is 11.0. The first-order chi connectivity index (χ1) is 12.5. The molecule has 1 aromatic carbocycles. The number of nitro benzene ring substituents is 1. The second-order valence-electron chi connectivity index (χ2n) is 4.96. The molecule has 0 aliphatic carbocycles. The minimum Gasteiger partial charge on any atom is -0.378 e. The number of nitrogens with two attached hydrogens (primary N) is 1. The van der Waals surface area contributed by atoms with E-state index in [1.165, 1.54) is 24.4 Å². The van der Waals surface area contributed by atoms with E-state index in [-0.39, 0.29) is 23.0 Å². The fraction of sp³-hybridized carbons (Fsp3) is 0.0769. The van der Waals surface area contributed by atoms with Gasteiger partial charge < -0.3 is 5.73 Å². The van der Waals surface area contributed by atoms with Crippen molar-refractivity contribution < 1.29 is 14.3 Å². The summed E-state index contributed by atoms with van der Waals surface area (Å²) in [6.07, 6.45) is 1.26. The summed E-state index contributed by atoms with van der Waals surface area (Å²) < 4.78 is 5.55. The average Bonchev–Trinajstić information content (AvgIpc) is 3.20. The van der Waals surface area contributed by atoms with Crippen LogP contribution in [0, 0.1) is 17.0 Å². The molecule has 13 heteroatoms. The van der Waals surface area contributed by atoms with Crippen LogP contribution in [0.3, 0.4) is 0 Å². The molecule has 2 aromatic heterocycles. The summed E-state index contributed by atoms with van der Waals surface area (Å²) in [6, 6.07) is 5.76. The number of aryl methyl sites for hydroxylation is 1. The molecule has 0 aliphatic rings. The van der Waals surface area contributed by atoms with Gasteiger partial charge in [-0.15, -0.1) is 5.10 Å². The first-order valence-electron chi connectivity index (χ1n) is 7.06. The molecule has 0 atom stereocenters. The summed E-state index contributed by atoms with van der Waals surface area (Å²) in [7, 11) is 0. The fourth-order valence-corrected chi connectivity index (χ4v) is 2.04. The molecule has 3 rings (SSSR count). The van der Waals surface area contributed by atoms with Crippen LogP contribution in [0.5, 0.6) is 0 Å². The zero-order valence-corrected chi connectivity index (χ0v) is 13.2. The number of carbonyl (C=O) groups is 1. The first kappa shape index (κ1) is 16.7. The lowest BCUT2D eigenvalue weighted by atomic mass is 10.2. The lowest BCUT2D eigenvalue weighted by molar-refractivity contribution is -0.384. The minimum absolute atomic E-state index is 0.0124. The van der Waals surface area contributed by atoms with Gasteiger partial charge in [-0.3, -0.25) is 14.9 Å². The lowest BCUT2D eigenvalue weighted by Gasteiger charge is -2.02. The van der Waals surface area contributed by atoms with Gasteiger partial charge in [0.05, 0.1) is 16.8 Å². The van der Waals surface area contributed by atoms with Crippen LogP contribution < -0.4 is 11.2 Å². The first-order valence-corrected chi connectivity index (χ1v) is 7.06. The Morgan fingerprint density at radius 2 is 2.27 bits per heavy atom. The highest BCUT2D eigenvalue weighted by Crippen LogP contribution is 2.15. The van der Waals surface area contributed by atoms with E-state index in [1.54, 1.807) is 13.0 Å². The highest BCUT2D eigenvalue weighted by molar-refractivity contribution is 5.94. The van der Waals surface area contributed by atoms with Crippen LogP contribution in [0.15, 0.2) is 34.0 Å². The number of nitrogen functional groups attached to an aromatic ring is 1. The minimum atomic E-state index is -0.642. The number of hydrogen-bond donors (Lipinski definition) is 2. The summed E-state index contributed by atoms with van der Waals surface area (Å²) in [5.74, 6) is -0.695. The number of benzene rings is 1. The molecule has 0 fully saturated rings. The smallest absolute Gasteiger partial charge is 0.292 e. The number of nitrogens with zero attached hydrogens (tertiary/aromatic N) is 7. The van der Waals surface area contributed by atoms with Gasteiger partial charge in [-0.05, 0) is 17.2 Å². The van der Waals surface area contributed by atoms with Crippen LogP contribution in [0.2, 0.25) is 0 Å². The van der Waals surface area contributed by atoms with E-state index in [0.29, 0.717) is 11.3 Å². The standard InChI is InChI=1S/C13H11N9O4/c1-7-10(21(20-16-7)12-11(14)18-26-19-12)13(23)17-15-6-8-3-2-4-9(5-8)22(24)25/h2-6H,1H3,(H2,14,18)(H,17,23)/b15-6-. The summed E-state index contributed by atoms with van der Waals surface area (Å²) in [5.41, 5.74) is 8.56. The van der Waals surface area contributed by atoms with E-state index >= 15 is 0 Å². The Hall–Kier alpha value is -4.16. The van der Waals surface area contributed by atoms with Gasteiger partial charge in [-0.1, -0.05) is 17.3 Å². The Bertz CT molecular complexity index is 1010. The van der Waals surface area contributed by atoms with Gasteiger partial charge in [0.1, 0.15) is 0 Å². The highest BCUT2D eigenvalue weighted by atomic mass is 16.6. The SMILES string of the molecule is Cc1nnn(-c2nonc2N)c1C(=O)N/N=C\c1cccc([N+](=O)[O-])c1. The maximum atomic E-state index is 12.4. The third-order valence-corrected chi connectivity index (χ3v) is 3.21. The number of carbonyl (C=O) groups excluding carboxylic acids is 1. The van der Waals surface area contributed by atoms with Crippen LogP contribution in [0.25, 0.3) is 5.82 Å². The predicted molar refractivity (Wildman–Crippen MR) is 86.5 cm³/mol. The van der Waals surface area contributed by atoms with Crippen LogP contribution in [0.4, 0.5) is 11.5 Å². The number of aromatic nitrogens is 5. The summed E-state index contributed by atoms with van der Waals surface area (Å²) >= 11 is 0. The van der Waals surface area contributed by atoms with E-state index in [0.717, 1.165) is 4.68 Å². The quantitative estimate of drug-likeness (QED) is 0.366. The van der Waals surface area contributed by atoms with E-state index in [9.17, 15) is 14.9 Å². The maximum Gasteiger partial charge on any atom is 0.292 e. The van der Waals surface area contributed by atoms with Gasteiger partial charge in [0.15, 0.2) is 5.69 Å². The van der Waals surface area contributed by atoms with Crippen LogP contribution in [-0.2, 0) is 0 Å². The Kier molecular flexibility index (Phi) is 4.34. The number of amides is 1. The van der Waals surface area contributed by atoms with Crippen molar-refractivity contribution in [3.63, 3.8) is 0 Å². The van der Waals surface area contributed by atoms with Crippen LogP contribution in [0.1, 0.15) is 21.7 Å². The second kappa shape index (κ2) is 6.76. The van der Waals surface area contributed by atoms with Crippen LogP contribution >= 0.6 is 0 Å². The van der Waals surface area contributed by atoms with E-state index in [2.05, 4.69) is 35.8 Å². The molecule has 1 amide bonds. The monoisotopic (exact) mass is 357 g/mol. The summed E-state index contributed by atoms with van der Waals surface area (Å²) in [6.45, 7) is 1.56. The van der Waals surface area contributed by atoms with Crippen molar-refractivity contribution in [3.05, 3.63) is 51.3 Å². The Morgan fingerprint density at radius 3 is 2.96 bits per heavy atom. The van der Waals surface area contributed by atoms with Gasteiger partial charge in [-0.2, -0.15) is 9.78 Å². The molecule has 2 heterocycles. The largest absolute Gasteiger partial charge is 0.378 e. The molecule has 0 aliphatic heterocycles. The number of hydrazone groups is 1. The zero-order valence-electron chi connectivity index (χ0n) is 13.2. The molecule has 0 radical (unpaired) electrons. The van der Waals surface area contributed by atoms with Crippen LogP contribution in [-0.4, -0.2) is 42.4 Å². The molecular formula is C13H11N9O4. The molecule has 0 unspecified atom stereocenters. The predicted octanol–water partition coefficient (Wildman–Crippen LogP) is 0.213. The number of rotatable bonds is 5. The number of hydrogen-bond acceptors (Lipinski definition) is 10. The summed E-state index contributed by atoms with van der Waals surface area (Å²) in [4.78, 5) is 22.6. The molecule has 3 aromatic rings. The Balaban J connectivity index is 1.79. The lowest BCUT2D eigenvalue weighted by Crippen LogP contribution is -2.22. The number of anilines is 1. The summed E-state index contributed by atoms with van der Waals surface area (Å²) in [5, 5.41) is 29.1. The molecule has 26 heavy (non-hydrogen) atoms. The van der Waals surface area contributed by atoms with Crippen molar-refractivity contribution in [3.8, 4) is 5.82 Å². The number of nitrogens with one attached hydrogen (secondary N) is 1. The molecule has 0 bridgehead atoms. The molecular weight excluding hydrogens is 346 g/mol. The molecule has 0 saturated heterocycles. The zero-order chi connectivity index (χ0) is 18.7. The topological polar surface area (TPSA) is 180 Å². The van der Waals surface area contributed by atoms with Gasteiger partial charge in [0.2, 0.25) is 11.6 Å². The Morgan fingerprint density at radius 1 is 1.46 bits per heavy atom. The van der Waals surface area contributed by atoms with E-state index in [4.69, 9.17) is 5.73 Å². The van der Waals surface area contributed by atoms with E-state index < -0.39 is 10.8 Å². The number of non-ortho nitro benzene ring substituents is 1. The van der Waals surface area contributed by atoms with Gasteiger partial charge in [0.25, 0.3) is 11.6 Å². The second-order valence-corrected chi connectivity index (χ2v) is 4.96. The fourth-order valence-electron chi connectivity index (χ4n) is 2.04. The molecule has 132 valence electrons. The van der Waals surface area contributed by atoms with Crippen molar-refractivity contribution in [1.82, 2.24) is 30.7 Å². The van der Waals surface area contributed by atoms with Crippen molar-refractivity contribution in [2.24, 2.45) is 5.10 Å².